The highest BCUT2D eigenvalue weighted by Crippen LogP contribution is 2.26. The summed E-state index contributed by atoms with van der Waals surface area (Å²) < 4.78 is 1.08. The van der Waals surface area contributed by atoms with Crippen molar-refractivity contribution in [2.75, 3.05) is 24.5 Å². The molecule has 0 atom stereocenters. The van der Waals surface area contributed by atoms with Gasteiger partial charge < -0.3 is 10.2 Å². The number of hydrogen-bond acceptors (Lipinski definition) is 3. The molecule has 1 saturated heterocycles. The molecule has 1 aromatic rings. The van der Waals surface area contributed by atoms with Gasteiger partial charge in [0.2, 0.25) is 0 Å². The van der Waals surface area contributed by atoms with Crippen molar-refractivity contribution in [1.29, 1.82) is 0 Å². The van der Waals surface area contributed by atoms with E-state index in [0.717, 1.165) is 24.1 Å². The first kappa shape index (κ1) is 9.93. The SMILES string of the molecule is CCN(c1ccncc1Br)C1CNC1. The average molecular weight is 256 g/mol. The molecule has 2 rings (SSSR count). The third kappa shape index (κ3) is 1.77. The quantitative estimate of drug-likeness (QED) is 0.891. The van der Waals surface area contributed by atoms with Crippen LogP contribution in [0.5, 0.6) is 0 Å². The third-order valence-electron chi connectivity index (χ3n) is 2.60. The van der Waals surface area contributed by atoms with E-state index in [4.69, 9.17) is 0 Å². The Morgan fingerprint density at radius 1 is 1.64 bits per heavy atom. The van der Waals surface area contributed by atoms with Crippen LogP contribution in [-0.4, -0.2) is 30.7 Å². The van der Waals surface area contributed by atoms with Gasteiger partial charge in [-0.2, -0.15) is 0 Å². The lowest BCUT2D eigenvalue weighted by Crippen LogP contribution is -2.57. The molecule has 0 amide bonds. The van der Waals surface area contributed by atoms with Crippen molar-refractivity contribution in [2.24, 2.45) is 0 Å². The predicted octanol–water partition coefficient (Wildman–Crippen LogP) is 1.64. The Kier molecular flexibility index (Phi) is 3.03. The molecular formula is C10H14BrN3. The van der Waals surface area contributed by atoms with Gasteiger partial charge in [-0.3, -0.25) is 4.98 Å². The molecular weight excluding hydrogens is 242 g/mol. The molecule has 2 heterocycles. The van der Waals surface area contributed by atoms with Crippen LogP contribution in [0.1, 0.15) is 6.92 Å². The van der Waals surface area contributed by atoms with E-state index in [1.54, 1.807) is 0 Å². The molecule has 1 fully saturated rings. The first-order valence-electron chi connectivity index (χ1n) is 4.89. The van der Waals surface area contributed by atoms with Gasteiger partial charge in [-0.05, 0) is 28.9 Å². The van der Waals surface area contributed by atoms with Crippen LogP contribution in [0.2, 0.25) is 0 Å². The maximum absolute atomic E-state index is 4.08. The summed E-state index contributed by atoms with van der Waals surface area (Å²) in [5, 5.41) is 3.29. The summed E-state index contributed by atoms with van der Waals surface area (Å²) >= 11 is 3.53. The zero-order valence-corrected chi connectivity index (χ0v) is 9.79. The van der Waals surface area contributed by atoms with Crippen molar-refractivity contribution in [3.63, 3.8) is 0 Å². The van der Waals surface area contributed by atoms with E-state index in [1.807, 2.05) is 12.4 Å². The Morgan fingerprint density at radius 2 is 2.43 bits per heavy atom. The smallest absolute Gasteiger partial charge is 0.0592 e. The van der Waals surface area contributed by atoms with Crippen LogP contribution >= 0.6 is 15.9 Å². The first-order chi connectivity index (χ1) is 6.83. The number of aromatic nitrogens is 1. The molecule has 1 N–H and O–H groups in total. The predicted molar refractivity (Wildman–Crippen MR) is 61.6 cm³/mol. The average Bonchev–Trinajstić information content (AvgIpc) is 2.12. The van der Waals surface area contributed by atoms with Gasteiger partial charge in [0, 0.05) is 32.0 Å². The van der Waals surface area contributed by atoms with Crippen molar-refractivity contribution in [3.05, 3.63) is 22.9 Å². The topological polar surface area (TPSA) is 28.2 Å². The van der Waals surface area contributed by atoms with Crippen molar-refractivity contribution in [2.45, 2.75) is 13.0 Å². The largest absolute Gasteiger partial charge is 0.365 e. The number of anilines is 1. The zero-order chi connectivity index (χ0) is 9.97. The second-order valence-corrected chi connectivity index (χ2v) is 4.28. The van der Waals surface area contributed by atoms with E-state index in [-0.39, 0.29) is 0 Å². The Hall–Kier alpha value is -0.610. The Morgan fingerprint density at radius 3 is 2.93 bits per heavy atom. The molecule has 14 heavy (non-hydrogen) atoms. The summed E-state index contributed by atoms with van der Waals surface area (Å²) in [5.41, 5.74) is 1.24. The minimum atomic E-state index is 0.638. The summed E-state index contributed by atoms with van der Waals surface area (Å²) in [6.45, 7) is 5.39. The number of rotatable bonds is 3. The fourth-order valence-corrected chi connectivity index (χ4v) is 2.20. The van der Waals surface area contributed by atoms with Gasteiger partial charge in [0.15, 0.2) is 0 Å². The fourth-order valence-electron chi connectivity index (χ4n) is 1.72. The van der Waals surface area contributed by atoms with E-state index in [2.05, 4.69) is 44.1 Å². The van der Waals surface area contributed by atoms with Crippen molar-refractivity contribution < 1.29 is 0 Å². The Balaban J connectivity index is 2.22. The minimum absolute atomic E-state index is 0.638. The molecule has 0 unspecified atom stereocenters. The maximum atomic E-state index is 4.08. The van der Waals surface area contributed by atoms with Gasteiger partial charge in [0.25, 0.3) is 0 Å². The van der Waals surface area contributed by atoms with Gasteiger partial charge in [-0.1, -0.05) is 0 Å². The normalized spacial score (nSPS) is 16.4. The number of pyridine rings is 1. The fraction of sp³-hybridized carbons (Fsp3) is 0.500. The van der Waals surface area contributed by atoms with Crippen LogP contribution in [-0.2, 0) is 0 Å². The van der Waals surface area contributed by atoms with Gasteiger partial charge in [-0.25, -0.2) is 0 Å². The summed E-state index contributed by atoms with van der Waals surface area (Å²) in [7, 11) is 0. The Labute approximate surface area is 92.6 Å². The highest BCUT2D eigenvalue weighted by Gasteiger charge is 2.24. The highest BCUT2D eigenvalue weighted by molar-refractivity contribution is 9.10. The van der Waals surface area contributed by atoms with Gasteiger partial charge in [0.1, 0.15) is 0 Å². The zero-order valence-electron chi connectivity index (χ0n) is 8.20. The monoisotopic (exact) mass is 255 g/mol. The molecule has 1 aromatic heterocycles. The second kappa shape index (κ2) is 4.28. The molecule has 0 bridgehead atoms. The molecule has 0 aromatic carbocycles. The molecule has 76 valence electrons. The summed E-state index contributed by atoms with van der Waals surface area (Å²) in [6, 6.07) is 2.70. The van der Waals surface area contributed by atoms with E-state index in [9.17, 15) is 0 Å². The van der Waals surface area contributed by atoms with E-state index in [1.165, 1.54) is 5.69 Å². The van der Waals surface area contributed by atoms with E-state index in [0.29, 0.717) is 6.04 Å². The lowest BCUT2D eigenvalue weighted by atomic mass is 10.1. The maximum Gasteiger partial charge on any atom is 0.0592 e. The molecule has 0 saturated carbocycles. The number of nitrogens with one attached hydrogen (secondary N) is 1. The molecule has 1 aliphatic heterocycles. The van der Waals surface area contributed by atoms with E-state index >= 15 is 0 Å². The van der Waals surface area contributed by atoms with Gasteiger partial charge in [0.05, 0.1) is 16.2 Å². The molecule has 0 radical (unpaired) electrons. The summed E-state index contributed by atoms with van der Waals surface area (Å²) in [4.78, 5) is 6.48. The second-order valence-electron chi connectivity index (χ2n) is 3.43. The molecule has 1 aliphatic rings. The Bertz CT molecular complexity index is 312. The van der Waals surface area contributed by atoms with Crippen LogP contribution in [0.3, 0.4) is 0 Å². The van der Waals surface area contributed by atoms with Crippen LogP contribution in [0.25, 0.3) is 0 Å². The van der Waals surface area contributed by atoms with Crippen molar-refractivity contribution >= 4 is 21.6 Å². The lowest BCUT2D eigenvalue weighted by Gasteiger charge is -2.39. The third-order valence-corrected chi connectivity index (χ3v) is 3.21. The van der Waals surface area contributed by atoms with Crippen LogP contribution < -0.4 is 10.2 Å². The number of hydrogen-bond donors (Lipinski definition) is 1. The minimum Gasteiger partial charge on any atom is -0.365 e. The highest BCUT2D eigenvalue weighted by atomic mass is 79.9. The lowest BCUT2D eigenvalue weighted by molar-refractivity contribution is 0.417. The molecule has 3 nitrogen and oxygen atoms in total. The molecule has 0 aliphatic carbocycles. The number of halogens is 1. The van der Waals surface area contributed by atoms with Crippen molar-refractivity contribution in [1.82, 2.24) is 10.3 Å². The number of nitrogens with zero attached hydrogens (tertiary/aromatic N) is 2. The summed E-state index contributed by atoms with van der Waals surface area (Å²) in [5.74, 6) is 0. The van der Waals surface area contributed by atoms with Crippen LogP contribution in [0, 0.1) is 0 Å². The molecule has 4 heteroatoms. The van der Waals surface area contributed by atoms with Gasteiger partial charge in [-0.15, -0.1) is 0 Å². The number of likely N-dealkylation sites (N-methyl/N-ethyl adjacent to an activating group) is 1. The molecule has 0 spiro atoms. The summed E-state index contributed by atoms with van der Waals surface area (Å²) in [6.07, 6.45) is 3.69. The van der Waals surface area contributed by atoms with E-state index < -0.39 is 0 Å². The van der Waals surface area contributed by atoms with Gasteiger partial charge >= 0.3 is 0 Å². The van der Waals surface area contributed by atoms with Crippen molar-refractivity contribution in [3.8, 4) is 0 Å². The van der Waals surface area contributed by atoms with Crippen LogP contribution in [0.15, 0.2) is 22.9 Å². The van der Waals surface area contributed by atoms with Crippen LogP contribution in [0.4, 0.5) is 5.69 Å². The first-order valence-corrected chi connectivity index (χ1v) is 5.69. The standard InChI is InChI=1S/C10H14BrN3/c1-2-14(8-5-13-6-8)10-3-4-12-7-9(10)11/h3-4,7-8,13H,2,5-6H2,1H3.